The molecule has 128 heavy (non-hydrogen) atoms. The fraction of sp³-hybridized carbons (Fsp3) is 0.421. The van der Waals surface area contributed by atoms with Gasteiger partial charge >= 0.3 is 0 Å². The van der Waals surface area contributed by atoms with E-state index >= 15 is 0 Å². The average Bonchev–Trinajstić information content (AvgIpc) is 0.875. The number of hydrogen-bond acceptors (Lipinski definition) is 0. The minimum atomic E-state index is -0.736. The Labute approximate surface area is 764 Å². The molecular weight excluding hydrogens is 1640 g/mol. The third-order valence-corrected chi connectivity index (χ3v) is 22.5. The van der Waals surface area contributed by atoms with Crippen molar-refractivity contribution < 1.29 is 61.5 Å². The molecule has 706 valence electrons. The predicted octanol–water partition coefficient (Wildman–Crippen LogP) is 37.1. The minimum Gasteiger partial charge on any atom is -0.207 e. The zero-order valence-electron chi connectivity index (χ0n) is 78.0. The Morgan fingerprint density at radius 1 is 0.172 bits per heavy atom. The van der Waals surface area contributed by atoms with Crippen LogP contribution in [0, 0.1) is 269 Å². The van der Waals surface area contributed by atoms with Gasteiger partial charge in [0.2, 0.25) is 0 Å². The third-order valence-electron chi connectivity index (χ3n) is 22.5. The van der Waals surface area contributed by atoms with E-state index in [1.54, 1.807) is 154 Å². The fourth-order valence-corrected chi connectivity index (χ4v) is 13.6. The maximum Gasteiger partial charge on any atom is 0.161 e. The quantitative estimate of drug-likeness (QED) is 0.154. The summed E-state index contributed by atoms with van der Waals surface area (Å²) in [7, 11) is 0. The van der Waals surface area contributed by atoms with Crippen molar-refractivity contribution in [2.45, 2.75) is 286 Å². The van der Waals surface area contributed by atoms with Crippen LogP contribution in [0.15, 0.2) is 182 Å². The molecule has 14 rings (SSSR count). The van der Waals surface area contributed by atoms with Gasteiger partial charge in [0.15, 0.2) is 23.3 Å². The summed E-state index contributed by atoms with van der Waals surface area (Å²) in [6.45, 7) is 43.2. The van der Waals surface area contributed by atoms with Crippen LogP contribution >= 0.6 is 0 Å². The van der Waals surface area contributed by atoms with Gasteiger partial charge in [-0.05, 0) is 350 Å². The Morgan fingerprint density at radius 2 is 0.320 bits per heavy atom. The Bertz CT molecular complexity index is 4420. The van der Waals surface area contributed by atoms with Gasteiger partial charge in [-0.15, -0.1) is 0 Å². The van der Waals surface area contributed by atoms with Crippen molar-refractivity contribution >= 4 is 0 Å². The van der Waals surface area contributed by atoms with E-state index in [9.17, 15) is 61.5 Å². The molecule has 3 aliphatic rings. The molecule has 14 heteroatoms. The van der Waals surface area contributed by atoms with Crippen LogP contribution in [0.3, 0.4) is 0 Å². The second-order valence-corrected chi connectivity index (χ2v) is 34.6. The number of aryl methyl sites for hydroxylation is 20. The van der Waals surface area contributed by atoms with Crippen LogP contribution in [-0.2, 0) is 0 Å². The normalized spacial score (nSPS) is 15.3. The topological polar surface area (TPSA) is 0 Å². The molecule has 0 N–H and O–H groups in total. The molecule has 0 atom stereocenters. The minimum absolute atomic E-state index is 0. The Kier molecular flexibility index (Phi) is 58.2. The van der Waals surface area contributed by atoms with E-state index in [0.717, 1.165) is 57.8 Å². The van der Waals surface area contributed by atoms with E-state index in [0.29, 0.717) is 66.8 Å². The molecule has 0 aromatic heterocycles. The Morgan fingerprint density at radius 3 is 0.492 bits per heavy atom. The number of rotatable bonds is 4. The molecule has 0 heterocycles. The van der Waals surface area contributed by atoms with Crippen LogP contribution in [0.5, 0.6) is 0 Å². The zero-order valence-corrected chi connectivity index (χ0v) is 78.0. The lowest BCUT2D eigenvalue weighted by Crippen LogP contribution is -2.22. The molecule has 0 aliphatic heterocycles. The molecule has 3 fully saturated rings. The van der Waals surface area contributed by atoms with Gasteiger partial charge in [0.1, 0.15) is 58.2 Å². The van der Waals surface area contributed by atoms with Gasteiger partial charge in [0.25, 0.3) is 0 Å². The van der Waals surface area contributed by atoms with Gasteiger partial charge in [-0.1, -0.05) is 264 Å². The highest BCUT2D eigenvalue weighted by molar-refractivity contribution is 5.30. The SMILES string of the molecule is C.C.C.C.CC1CCC(CC2CCC(CC3CCC(C)CC3)CC2)CC1.Cc1cc(F)c(C)c(F)c1.Cc1cc(F)c(C)c(F)c1.Cc1cc(F)c(C)cc1F.Cc1ccc(C)c(F)c1.Cc1ccc(C)c(F)c1.Cc1ccc(C)c(F)c1.Cc1ccc(C)c(F)c1.Cc1ccc(C)c(F)c1F.Cc1ccc(C)c(F)c1F.Cc1ccc(C)cc1.Cc1ccc(C)cc1. The van der Waals surface area contributed by atoms with Crippen molar-refractivity contribution in [2.24, 2.45) is 35.5 Å². The summed E-state index contributed by atoms with van der Waals surface area (Å²) in [4.78, 5) is 0. The standard InChI is InChI=1S/C22H40.5C8H8F2.4C8H9F.2C8H10.4CH4/c1-17-3-7-19(8-4-17)15-21-11-13-22(14-12-21)16-20-9-5-18(2)6-10-20;1-5-3-8(10)6(2)4-7(5)9;2*1-5-3-7(9)6(2)8(10)4-5;2*1-5-3-4-6(2)8(10)7(5)9;4*1-6-3-4-7(2)8(9)5-6;2*1-7-3-5-8(2)6-4-7;;;;/h17-22H,3-16H2,1-2H3;5*3-4H,1-2H3;4*3-5H,1-2H3;2*3-6H,1-2H3;4*1H4. The molecule has 3 aliphatic carbocycles. The van der Waals surface area contributed by atoms with E-state index < -0.39 is 46.5 Å². The van der Waals surface area contributed by atoms with Crippen LogP contribution in [0.1, 0.15) is 256 Å². The van der Waals surface area contributed by atoms with Crippen LogP contribution in [0.2, 0.25) is 0 Å². The van der Waals surface area contributed by atoms with Crippen LogP contribution in [0.25, 0.3) is 0 Å². The molecule has 0 radical (unpaired) electrons. The van der Waals surface area contributed by atoms with Crippen molar-refractivity contribution in [2.75, 3.05) is 0 Å². The van der Waals surface area contributed by atoms with Crippen LogP contribution in [-0.4, -0.2) is 0 Å². The van der Waals surface area contributed by atoms with Gasteiger partial charge in [0.05, 0.1) is 0 Å². The molecule has 3 saturated carbocycles. The van der Waals surface area contributed by atoms with Crippen LogP contribution in [0.4, 0.5) is 61.5 Å². The smallest absolute Gasteiger partial charge is 0.161 e. The molecule has 11 aromatic carbocycles. The summed E-state index contributed by atoms with van der Waals surface area (Å²) in [5.74, 6) is 0.422. The molecule has 0 spiro atoms. The highest BCUT2D eigenvalue weighted by atomic mass is 19.2. The first-order chi connectivity index (χ1) is 58.1. The number of halogens is 14. The lowest BCUT2D eigenvalue weighted by atomic mass is 9.70. The van der Waals surface area contributed by atoms with E-state index in [2.05, 4.69) is 90.1 Å². The van der Waals surface area contributed by atoms with E-state index in [4.69, 9.17) is 0 Å². The first-order valence-electron chi connectivity index (χ1n) is 43.2. The highest BCUT2D eigenvalue weighted by Gasteiger charge is 2.29. The molecule has 0 bridgehead atoms. The van der Waals surface area contributed by atoms with Crippen LogP contribution < -0.4 is 0 Å². The zero-order chi connectivity index (χ0) is 93.4. The average molecular weight is 1790 g/mol. The maximum atomic E-state index is 12.6. The molecule has 11 aromatic rings. The Balaban J connectivity index is 0. The summed E-state index contributed by atoms with van der Waals surface area (Å²) in [6.07, 6.45) is 21.7. The van der Waals surface area contributed by atoms with Gasteiger partial charge in [-0.3, -0.25) is 0 Å². The lowest BCUT2D eigenvalue weighted by Gasteiger charge is -2.35. The van der Waals surface area contributed by atoms with Crippen molar-refractivity contribution in [1.29, 1.82) is 0 Å². The van der Waals surface area contributed by atoms with Gasteiger partial charge in [-0.2, -0.15) is 0 Å². The second kappa shape index (κ2) is 61.9. The molecule has 0 saturated heterocycles. The molecular formula is C114H152F14. The van der Waals surface area contributed by atoms with Gasteiger partial charge in [0, 0.05) is 11.1 Å². The Hall–Kier alpha value is -9.56. The number of hydrogen-bond donors (Lipinski definition) is 0. The van der Waals surface area contributed by atoms with Crippen molar-refractivity contribution in [1.82, 2.24) is 0 Å². The molecule has 0 amide bonds. The lowest BCUT2D eigenvalue weighted by molar-refractivity contribution is 0.168. The van der Waals surface area contributed by atoms with E-state index in [1.807, 2.05) is 52.0 Å². The predicted molar refractivity (Wildman–Crippen MR) is 518 cm³/mol. The third kappa shape index (κ3) is 46.6. The van der Waals surface area contributed by atoms with Crippen molar-refractivity contribution in [3.05, 3.63) is 386 Å². The monoisotopic (exact) mass is 1790 g/mol. The summed E-state index contributed by atoms with van der Waals surface area (Å²) in [5, 5.41) is 0. The van der Waals surface area contributed by atoms with Gasteiger partial charge < -0.3 is 0 Å². The van der Waals surface area contributed by atoms with Crippen molar-refractivity contribution in [3.8, 4) is 0 Å². The maximum absolute atomic E-state index is 12.6. The fourth-order valence-electron chi connectivity index (χ4n) is 13.6. The summed E-state index contributed by atoms with van der Waals surface area (Å²) in [6, 6.07) is 51.8. The summed E-state index contributed by atoms with van der Waals surface area (Å²) < 4.78 is 176. The molecule has 0 nitrogen and oxygen atoms in total. The van der Waals surface area contributed by atoms with Gasteiger partial charge in [-0.25, -0.2) is 61.5 Å². The highest BCUT2D eigenvalue weighted by Crippen LogP contribution is 2.42. The number of benzene rings is 11. The van der Waals surface area contributed by atoms with Crippen molar-refractivity contribution in [3.63, 3.8) is 0 Å². The first kappa shape index (κ1) is 120. The van der Waals surface area contributed by atoms with E-state index in [1.165, 1.54) is 164 Å². The first-order valence-corrected chi connectivity index (χ1v) is 43.2. The second-order valence-electron chi connectivity index (χ2n) is 34.6. The summed E-state index contributed by atoms with van der Waals surface area (Å²) in [5.41, 5.74) is 15.5. The van der Waals surface area contributed by atoms with E-state index in [-0.39, 0.29) is 75.7 Å². The summed E-state index contributed by atoms with van der Waals surface area (Å²) >= 11 is 0. The largest absolute Gasteiger partial charge is 0.207 e. The molecule has 0 unspecified atom stereocenters.